The van der Waals surface area contributed by atoms with Crippen LogP contribution in [-0.4, -0.2) is 40.1 Å². The van der Waals surface area contributed by atoms with E-state index in [0.29, 0.717) is 0 Å². The Morgan fingerprint density at radius 2 is 2.25 bits per heavy atom. The number of cyclic esters (lactones) is 1. The molecule has 0 amide bonds. The summed E-state index contributed by atoms with van der Waals surface area (Å²) in [6.07, 6.45) is -2.08. The maximum Gasteiger partial charge on any atom is 0.374 e. The highest BCUT2D eigenvalue weighted by molar-refractivity contribution is 5.89. The molecule has 0 aromatic rings. The SMILES string of the molecule is CC1=C(O)C(=O)OC1C(O)CO. The second-order valence-electron chi connectivity index (χ2n) is 2.61. The Kier molecular flexibility index (Phi) is 2.35. The molecule has 3 N–H and O–H groups in total. The largest absolute Gasteiger partial charge is 0.502 e. The van der Waals surface area contributed by atoms with E-state index in [4.69, 9.17) is 15.3 Å². The number of aliphatic hydroxyl groups is 3. The van der Waals surface area contributed by atoms with Crippen molar-refractivity contribution in [2.45, 2.75) is 19.1 Å². The number of aliphatic hydroxyl groups excluding tert-OH is 3. The first-order valence-electron chi connectivity index (χ1n) is 3.47. The molecule has 0 bridgehead atoms. The molecule has 0 aromatic heterocycles. The van der Waals surface area contributed by atoms with Crippen LogP contribution >= 0.6 is 0 Å². The van der Waals surface area contributed by atoms with Gasteiger partial charge in [0.1, 0.15) is 6.10 Å². The number of carbonyl (C=O) groups is 1. The average Bonchev–Trinajstić information content (AvgIpc) is 2.32. The van der Waals surface area contributed by atoms with E-state index < -0.39 is 30.5 Å². The standard InChI is InChI=1S/C7H10O5/c1-3-5(10)7(11)12-6(3)4(9)2-8/h4,6,8-10H,2H2,1H3. The highest BCUT2D eigenvalue weighted by Crippen LogP contribution is 2.22. The molecule has 0 saturated heterocycles. The molecule has 0 aromatic carbocycles. The predicted molar refractivity (Wildman–Crippen MR) is 38.3 cm³/mol. The van der Waals surface area contributed by atoms with Crippen molar-refractivity contribution in [1.29, 1.82) is 0 Å². The van der Waals surface area contributed by atoms with E-state index in [-0.39, 0.29) is 5.57 Å². The van der Waals surface area contributed by atoms with Crippen molar-refractivity contribution in [3.8, 4) is 0 Å². The minimum absolute atomic E-state index is 0.251. The molecule has 0 spiro atoms. The second kappa shape index (κ2) is 3.12. The Bertz CT molecular complexity index is 232. The molecule has 5 nitrogen and oxygen atoms in total. The Morgan fingerprint density at radius 3 is 2.58 bits per heavy atom. The Hall–Kier alpha value is -1.07. The summed E-state index contributed by atoms with van der Waals surface area (Å²) < 4.78 is 4.57. The van der Waals surface area contributed by atoms with Gasteiger partial charge in [0.25, 0.3) is 0 Å². The minimum Gasteiger partial charge on any atom is -0.502 e. The van der Waals surface area contributed by atoms with Crippen molar-refractivity contribution in [1.82, 2.24) is 0 Å². The van der Waals surface area contributed by atoms with Crippen LogP contribution in [0.4, 0.5) is 0 Å². The smallest absolute Gasteiger partial charge is 0.374 e. The van der Waals surface area contributed by atoms with Gasteiger partial charge in [-0.2, -0.15) is 0 Å². The molecule has 1 aliphatic rings. The van der Waals surface area contributed by atoms with Crippen LogP contribution in [0.2, 0.25) is 0 Å². The van der Waals surface area contributed by atoms with Gasteiger partial charge in [-0.3, -0.25) is 0 Å². The number of esters is 1. The van der Waals surface area contributed by atoms with Gasteiger partial charge in [0, 0.05) is 5.57 Å². The van der Waals surface area contributed by atoms with Crippen molar-refractivity contribution >= 4 is 5.97 Å². The van der Waals surface area contributed by atoms with E-state index in [0.717, 1.165) is 0 Å². The first-order chi connectivity index (χ1) is 5.57. The minimum atomic E-state index is -1.17. The molecule has 2 unspecified atom stereocenters. The molecule has 1 rings (SSSR count). The van der Waals surface area contributed by atoms with Crippen LogP contribution in [0, 0.1) is 0 Å². The zero-order valence-corrected chi connectivity index (χ0v) is 6.52. The van der Waals surface area contributed by atoms with Crippen LogP contribution < -0.4 is 0 Å². The fourth-order valence-electron chi connectivity index (χ4n) is 1.02. The van der Waals surface area contributed by atoms with E-state index in [1.54, 1.807) is 0 Å². The van der Waals surface area contributed by atoms with Crippen LogP contribution in [0.5, 0.6) is 0 Å². The van der Waals surface area contributed by atoms with E-state index in [1.165, 1.54) is 6.92 Å². The summed E-state index contributed by atoms with van der Waals surface area (Å²) in [5, 5.41) is 26.6. The molecule has 1 aliphatic heterocycles. The molecule has 0 fully saturated rings. The van der Waals surface area contributed by atoms with Gasteiger partial charge in [0.2, 0.25) is 5.76 Å². The summed E-state index contributed by atoms with van der Waals surface area (Å²) in [4.78, 5) is 10.7. The van der Waals surface area contributed by atoms with Crippen molar-refractivity contribution in [2.75, 3.05) is 6.61 Å². The van der Waals surface area contributed by atoms with Gasteiger partial charge < -0.3 is 20.1 Å². The zero-order chi connectivity index (χ0) is 9.30. The molecule has 0 aliphatic carbocycles. The first-order valence-corrected chi connectivity index (χ1v) is 3.47. The molecule has 68 valence electrons. The van der Waals surface area contributed by atoms with Gasteiger partial charge in [-0.25, -0.2) is 4.79 Å². The Labute approximate surface area is 68.9 Å². The van der Waals surface area contributed by atoms with Crippen molar-refractivity contribution in [3.63, 3.8) is 0 Å². The van der Waals surface area contributed by atoms with E-state index in [2.05, 4.69) is 4.74 Å². The van der Waals surface area contributed by atoms with E-state index in [1.807, 2.05) is 0 Å². The van der Waals surface area contributed by atoms with Gasteiger partial charge in [-0.1, -0.05) is 0 Å². The number of rotatable bonds is 2. The molecule has 1 heterocycles. The van der Waals surface area contributed by atoms with Gasteiger partial charge in [0.15, 0.2) is 6.10 Å². The summed E-state index contributed by atoms with van der Waals surface area (Å²) in [6, 6.07) is 0. The summed E-state index contributed by atoms with van der Waals surface area (Å²) in [5.74, 6) is -1.34. The third-order valence-electron chi connectivity index (χ3n) is 1.76. The second-order valence-corrected chi connectivity index (χ2v) is 2.61. The van der Waals surface area contributed by atoms with Gasteiger partial charge in [-0.15, -0.1) is 0 Å². The topological polar surface area (TPSA) is 87.0 Å². The van der Waals surface area contributed by atoms with Crippen LogP contribution in [0.25, 0.3) is 0 Å². The summed E-state index contributed by atoms with van der Waals surface area (Å²) in [7, 11) is 0. The number of hydrogen-bond acceptors (Lipinski definition) is 5. The molecule has 2 atom stereocenters. The van der Waals surface area contributed by atoms with Crippen LogP contribution in [-0.2, 0) is 9.53 Å². The number of ether oxygens (including phenoxy) is 1. The monoisotopic (exact) mass is 174 g/mol. The van der Waals surface area contributed by atoms with Crippen molar-refractivity contribution in [3.05, 3.63) is 11.3 Å². The molecular weight excluding hydrogens is 164 g/mol. The highest BCUT2D eigenvalue weighted by atomic mass is 16.6. The lowest BCUT2D eigenvalue weighted by Crippen LogP contribution is -2.30. The average molecular weight is 174 g/mol. The lowest BCUT2D eigenvalue weighted by Gasteiger charge is -2.15. The quantitative estimate of drug-likeness (QED) is 0.472. The number of hydrogen-bond donors (Lipinski definition) is 3. The predicted octanol–water partition coefficient (Wildman–Crippen LogP) is -0.903. The zero-order valence-electron chi connectivity index (χ0n) is 6.52. The van der Waals surface area contributed by atoms with Crippen LogP contribution in [0.3, 0.4) is 0 Å². The highest BCUT2D eigenvalue weighted by Gasteiger charge is 2.35. The molecule has 0 saturated carbocycles. The maximum atomic E-state index is 10.7. The summed E-state index contributed by atoms with van der Waals surface area (Å²) in [5.41, 5.74) is 0.251. The van der Waals surface area contributed by atoms with Gasteiger partial charge >= 0.3 is 5.97 Å². The Balaban J connectivity index is 2.80. The normalized spacial score (nSPS) is 25.9. The van der Waals surface area contributed by atoms with Gasteiger partial charge in [-0.05, 0) is 6.92 Å². The first kappa shape index (κ1) is 9.02. The van der Waals surface area contributed by atoms with Crippen LogP contribution in [0.1, 0.15) is 6.92 Å². The lowest BCUT2D eigenvalue weighted by molar-refractivity contribution is -0.147. The fourth-order valence-corrected chi connectivity index (χ4v) is 1.02. The molecule has 5 heteroatoms. The third-order valence-corrected chi connectivity index (χ3v) is 1.76. The van der Waals surface area contributed by atoms with Crippen LogP contribution in [0.15, 0.2) is 11.3 Å². The third kappa shape index (κ3) is 1.28. The fraction of sp³-hybridized carbons (Fsp3) is 0.571. The Morgan fingerprint density at radius 1 is 1.67 bits per heavy atom. The molecular formula is C7H10O5. The maximum absolute atomic E-state index is 10.7. The van der Waals surface area contributed by atoms with E-state index in [9.17, 15) is 4.79 Å². The summed E-state index contributed by atoms with van der Waals surface area (Å²) >= 11 is 0. The molecule has 12 heavy (non-hydrogen) atoms. The lowest BCUT2D eigenvalue weighted by atomic mass is 10.1. The van der Waals surface area contributed by atoms with Crippen molar-refractivity contribution < 1.29 is 24.9 Å². The van der Waals surface area contributed by atoms with E-state index >= 15 is 0 Å². The van der Waals surface area contributed by atoms with Gasteiger partial charge in [0.05, 0.1) is 6.61 Å². The van der Waals surface area contributed by atoms with Crippen molar-refractivity contribution in [2.24, 2.45) is 0 Å². The molecule has 0 radical (unpaired) electrons. The number of carbonyl (C=O) groups excluding carboxylic acids is 1. The summed E-state index contributed by atoms with van der Waals surface area (Å²) in [6.45, 7) is 0.951.